The Morgan fingerprint density at radius 3 is 1.17 bits per heavy atom. The summed E-state index contributed by atoms with van der Waals surface area (Å²) in [7, 11) is -8.04. The van der Waals surface area contributed by atoms with Crippen LogP contribution in [-0.2, 0) is 50.9 Å². The molecule has 2 unspecified atom stereocenters. The molecule has 2 atom stereocenters. The standard InChI is InChI=1S/C20H44O13P2/c1-4-7-30-34(21,22)31-18-16-28-14-12-26-10-8-25-9-11-27-13-15-29-17-19-32-35(23,24)33-20(5-2)6-3/h20H,4-19H2,1-3H3,(H,21,22)(H,23,24). The van der Waals surface area contributed by atoms with Gasteiger partial charge < -0.3 is 33.5 Å². The lowest BCUT2D eigenvalue weighted by atomic mass is 10.2. The van der Waals surface area contributed by atoms with Gasteiger partial charge in [0.05, 0.1) is 92.0 Å². The highest BCUT2D eigenvalue weighted by Gasteiger charge is 2.24. The van der Waals surface area contributed by atoms with E-state index in [2.05, 4.69) is 0 Å². The highest BCUT2D eigenvalue weighted by atomic mass is 31.2. The van der Waals surface area contributed by atoms with E-state index >= 15 is 0 Å². The number of hydrogen-bond acceptors (Lipinski definition) is 11. The van der Waals surface area contributed by atoms with Crippen LogP contribution >= 0.6 is 15.6 Å². The van der Waals surface area contributed by atoms with Crippen LogP contribution in [0.15, 0.2) is 0 Å². The molecule has 0 aliphatic heterocycles. The van der Waals surface area contributed by atoms with Gasteiger partial charge >= 0.3 is 15.6 Å². The topological polar surface area (TPSA) is 158 Å². The van der Waals surface area contributed by atoms with Crippen LogP contribution in [-0.4, -0.2) is 102 Å². The number of rotatable bonds is 27. The van der Waals surface area contributed by atoms with Crippen molar-refractivity contribution in [3.05, 3.63) is 0 Å². The van der Waals surface area contributed by atoms with E-state index in [0.29, 0.717) is 72.1 Å². The van der Waals surface area contributed by atoms with E-state index in [1.54, 1.807) is 0 Å². The van der Waals surface area contributed by atoms with E-state index in [1.807, 2.05) is 20.8 Å². The molecular formula is C20H44O13P2. The largest absolute Gasteiger partial charge is 0.472 e. The van der Waals surface area contributed by atoms with Crippen molar-refractivity contribution in [3.8, 4) is 0 Å². The SMILES string of the molecule is CCCOP(=O)(O)OCCOCCOCCOCCOCCOCCOP(=O)(O)OC(CC)CC. The molecular weight excluding hydrogens is 510 g/mol. The second kappa shape index (κ2) is 23.2. The molecule has 0 amide bonds. The Balaban J connectivity index is 3.32. The highest BCUT2D eigenvalue weighted by Crippen LogP contribution is 2.45. The van der Waals surface area contributed by atoms with Crippen molar-refractivity contribution >= 4 is 15.6 Å². The van der Waals surface area contributed by atoms with Crippen LogP contribution in [0.3, 0.4) is 0 Å². The number of phosphoric ester groups is 2. The quantitative estimate of drug-likeness (QED) is 0.113. The minimum Gasteiger partial charge on any atom is -0.377 e. The van der Waals surface area contributed by atoms with Gasteiger partial charge in [-0.05, 0) is 19.3 Å². The molecule has 212 valence electrons. The molecule has 0 radical (unpaired) electrons. The van der Waals surface area contributed by atoms with Gasteiger partial charge in [-0.2, -0.15) is 0 Å². The molecule has 0 saturated heterocycles. The van der Waals surface area contributed by atoms with Crippen molar-refractivity contribution in [2.75, 3.05) is 85.9 Å². The average Bonchev–Trinajstić information content (AvgIpc) is 2.82. The summed E-state index contributed by atoms with van der Waals surface area (Å²) in [6.07, 6.45) is 1.59. The molecule has 0 heterocycles. The maximum absolute atomic E-state index is 11.7. The molecule has 0 aliphatic rings. The molecule has 0 saturated carbocycles. The van der Waals surface area contributed by atoms with E-state index in [9.17, 15) is 18.9 Å². The second-order valence-corrected chi connectivity index (χ2v) is 9.90. The van der Waals surface area contributed by atoms with Gasteiger partial charge in [0, 0.05) is 0 Å². The van der Waals surface area contributed by atoms with Crippen LogP contribution in [0.5, 0.6) is 0 Å². The van der Waals surface area contributed by atoms with E-state index in [-0.39, 0.29) is 39.1 Å². The third-order valence-electron chi connectivity index (χ3n) is 4.10. The van der Waals surface area contributed by atoms with Gasteiger partial charge in [0.1, 0.15) is 0 Å². The lowest BCUT2D eigenvalue weighted by Crippen LogP contribution is -2.14. The smallest absolute Gasteiger partial charge is 0.377 e. The predicted octanol–water partition coefficient (Wildman–Crippen LogP) is 2.94. The number of phosphoric acid groups is 2. The molecule has 0 spiro atoms. The minimum atomic E-state index is -4.05. The lowest BCUT2D eigenvalue weighted by molar-refractivity contribution is -0.0158. The third kappa shape index (κ3) is 24.1. The third-order valence-corrected chi connectivity index (χ3v) is 6.19. The molecule has 0 aromatic carbocycles. The zero-order valence-corrected chi connectivity index (χ0v) is 23.0. The molecule has 0 aromatic heterocycles. The van der Waals surface area contributed by atoms with Crippen molar-refractivity contribution in [2.45, 2.75) is 46.1 Å². The summed E-state index contributed by atoms with van der Waals surface area (Å²) >= 11 is 0. The highest BCUT2D eigenvalue weighted by molar-refractivity contribution is 7.47. The summed E-state index contributed by atoms with van der Waals surface area (Å²) in [6.45, 7) is 8.93. The minimum absolute atomic E-state index is 0.0441. The van der Waals surface area contributed by atoms with Crippen LogP contribution in [0.2, 0.25) is 0 Å². The van der Waals surface area contributed by atoms with Crippen LogP contribution < -0.4 is 0 Å². The molecule has 0 bridgehead atoms. The van der Waals surface area contributed by atoms with E-state index in [1.165, 1.54) is 0 Å². The summed E-state index contributed by atoms with van der Waals surface area (Å²) in [5, 5.41) is 0. The summed E-state index contributed by atoms with van der Waals surface area (Å²) in [6, 6.07) is 0. The predicted molar refractivity (Wildman–Crippen MR) is 127 cm³/mol. The van der Waals surface area contributed by atoms with Gasteiger partial charge in [-0.3, -0.25) is 18.1 Å². The van der Waals surface area contributed by atoms with E-state index in [4.69, 9.17) is 41.8 Å². The van der Waals surface area contributed by atoms with Crippen molar-refractivity contribution in [1.82, 2.24) is 0 Å². The fraction of sp³-hybridized carbons (Fsp3) is 1.00. The Kier molecular flexibility index (Phi) is 23.2. The molecule has 15 heteroatoms. The first-order valence-electron chi connectivity index (χ1n) is 11.9. The van der Waals surface area contributed by atoms with Crippen LogP contribution in [0, 0.1) is 0 Å². The second-order valence-electron chi connectivity index (χ2n) is 7.04. The monoisotopic (exact) mass is 554 g/mol. The summed E-state index contributed by atoms with van der Waals surface area (Å²) < 4.78 is 69.0. The number of hydrogen-bond donors (Lipinski definition) is 2. The molecule has 13 nitrogen and oxygen atoms in total. The number of ether oxygens (including phenoxy) is 5. The van der Waals surface area contributed by atoms with E-state index < -0.39 is 15.6 Å². The molecule has 0 aromatic rings. The fourth-order valence-electron chi connectivity index (χ4n) is 2.31. The normalized spacial score (nSPS) is 15.4. The summed E-state index contributed by atoms with van der Waals surface area (Å²) in [5.41, 5.74) is 0. The van der Waals surface area contributed by atoms with Crippen molar-refractivity contribution in [1.29, 1.82) is 0 Å². The molecule has 2 N–H and O–H groups in total. The van der Waals surface area contributed by atoms with Crippen molar-refractivity contribution in [2.24, 2.45) is 0 Å². The Labute approximate surface area is 208 Å². The Morgan fingerprint density at radius 2 is 0.829 bits per heavy atom. The first kappa shape index (κ1) is 35.0. The van der Waals surface area contributed by atoms with E-state index in [0.717, 1.165) is 0 Å². The zero-order valence-electron chi connectivity index (χ0n) is 21.2. The van der Waals surface area contributed by atoms with Gasteiger partial charge in [0.2, 0.25) is 0 Å². The van der Waals surface area contributed by atoms with Gasteiger partial charge in [0.25, 0.3) is 0 Å². The Morgan fingerprint density at radius 1 is 0.514 bits per heavy atom. The summed E-state index contributed by atoms with van der Waals surface area (Å²) in [5.74, 6) is 0. The van der Waals surface area contributed by atoms with Crippen LogP contribution in [0.4, 0.5) is 0 Å². The molecule has 0 rings (SSSR count). The first-order valence-corrected chi connectivity index (χ1v) is 14.9. The van der Waals surface area contributed by atoms with Gasteiger partial charge in [-0.15, -0.1) is 0 Å². The Bertz CT molecular complexity index is 563. The van der Waals surface area contributed by atoms with Crippen LogP contribution in [0.1, 0.15) is 40.0 Å². The van der Waals surface area contributed by atoms with Crippen molar-refractivity contribution in [3.63, 3.8) is 0 Å². The van der Waals surface area contributed by atoms with Crippen molar-refractivity contribution < 1.29 is 60.7 Å². The maximum atomic E-state index is 11.7. The lowest BCUT2D eigenvalue weighted by Gasteiger charge is -2.18. The Hall–Kier alpha value is 0.0200. The molecule has 35 heavy (non-hydrogen) atoms. The maximum Gasteiger partial charge on any atom is 0.472 e. The summed E-state index contributed by atoms with van der Waals surface area (Å²) in [4.78, 5) is 18.9. The van der Waals surface area contributed by atoms with Gasteiger partial charge in [-0.1, -0.05) is 20.8 Å². The van der Waals surface area contributed by atoms with Crippen LogP contribution in [0.25, 0.3) is 0 Å². The molecule has 0 fully saturated rings. The van der Waals surface area contributed by atoms with Gasteiger partial charge in [0.15, 0.2) is 0 Å². The average molecular weight is 555 g/mol. The zero-order chi connectivity index (χ0) is 26.3. The first-order chi connectivity index (χ1) is 16.8. The fourth-order valence-corrected chi connectivity index (χ4v) is 4.14. The molecule has 0 aliphatic carbocycles. The van der Waals surface area contributed by atoms with Gasteiger partial charge in [-0.25, -0.2) is 9.13 Å².